The van der Waals surface area contributed by atoms with Crippen molar-refractivity contribution in [3.8, 4) is 11.3 Å². The van der Waals surface area contributed by atoms with E-state index in [-0.39, 0.29) is 99.9 Å². The number of carboxylic acids is 1. The maximum Gasteiger partial charge on any atom is 0.326 e. The van der Waals surface area contributed by atoms with Gasteiger partial charge in [0.05, 0.1) is 70.3 Å². The fraction of sp³-hybridized carbons (Fsp3) is 0.521. The van der Waals surface area contributed by atoms with Crippen molar-refractivity contribution in [2.45, 2.75) is 65.1 Å². The average Bonchev–Trinajstić information content (AvgIpc) is 3.86. The van der Waals surface area contributed by atoms with Gasteiger partial charge in [-0.15, -0.1) is 0 Å². The van der Waals surface area contributed by atoms with Crippen LogP contribution in [0.3, 0.4) is 0 Å². The molecule has 1 aliphatic heterocycles. The smallest absolute Gasteiger partial charge is 0.326 e. The number of nitrogens with two attached hydrogens (primary N) is 1. The minimum absolute atomic E-state index is 0.00198. The molecule has 3 aromatic rings. The summed E-state index contributed by atoms with van der Waals surface area (Å²) >= 11 is 1.24. The van der Waals surface area contributed by atoms with Gasteiger partial charge < -0.3 is 49.9 Å². The Morgan fingerprint density at radius 3 is 2.13 bits per heavy atom. The first-order valence-electron chi connectivity index (χ1n) is 22.9. The number of amides is 5. The lowest BCUT2D eigenvalue weighted by atomic mass is 9.84. The van der Waals surface area contributed by atoms with Crippen LogP contribution in [0, 0.1) is 17.0 Å². The largest absolute Gasteiger partial charge is 0.480 e. The molecule has 0 spiro atoms. The van der Waals surface area contributed by atoms with Crippen LogP contribution in [0.25, 0.3) is 11.3 Å². The van der Waals surface area contributed by atoms with E-state index in [4.69, 9.17) is 29.7 Å². The molecule has 18 nitrogen and oxygen atoms in total. The van der Waals surface area contributed by atoms with Crippen molar-refractivity contribution in [2.75, 3.05) is 90.5 Å². The zero-order valence-electron chi connectivity index (χ0n) is 39.5. The SMILES string of the molecule is CC(C)(C)[C@H](c1nc(-c2cc(F)ccc2F)cn1Cc1ccccc1)N(CCCN)C(=O)CSCCC(NC(=O)CCOCCOCCOCCOCCNC(=O)CCN1C(=O)C=CC1=O)C(=O)O. The highest BCUT2D eigenvalue weighted by Crippen LogP contribution is 2.40. The van der Waals surface area contributed by atoms with Crippen LogP contribution in [0.4, 0.5) is 8.78 Å². The summed E-state index contributed by atoms with van der Waals surface area (Å²) in [5.41, 5.74) is 6.49. The first kappa shape index (κ1) is 56.0. The molecule has 1 aromatic heterocycles. The highest BCUT2D eigenvalue weighted by atomic mass is 32.2. The van der Waals surface area contributed by atoms with Crippen molar-refractivity contribution in [3.63, 3.8) is 0 Å². The summed E-state index contributed by atoms with van der Waals surface area (Å²) in [6, 6.07) is 11.0. The number of nitrogens with zero attached hydrogens (tertiary/aromatic N) is 4. The number of halogens is 2. The van der Waals surface area contributed by atoms with Gasteiger partial charge in [-0.25, -0.2) is 18.6 Å². The summed E-state index contributed by atoms with van der Waals surface area (Å²) in [7, 11) is 0. The standard InChI is InChI=1S/C48H65F2N7O11S/c1-48(2,3)45(46-54-39(36-30-35(49)10-11-37(36)50)32-55(46)31-34-8-5-4-6-9-34)57(19-7-17-51)44(62)33-69-29-16-38(47(63)64)53-41(59)15-21-65-23-25-67-27-28-68-26-24-66-22-18-52-40(58)14-20-56-42(60)12-13-43(56)61/h4-6,8-13,30,32,38,45H,7,14-29,31,33,51H2,1-3H3,(H,52,58)(H,53,59)(H,63,64)/t38?,45-/m0/s1. The van der Waals surface area contributed by atoms with Gasteiger partial charge in [0, 0.05) is 62.9 Å². The van der Waals surface area contributed by atoms with Gasteiger partial charge in [-0.1, -0.05) is 51.1 Å². The van der Waals surface area contributed by atoms with Gasteiger partial charge in [0.2, 0.25) is 17.7 Å². The van der Waals surface area contributed by atoms with Crippen LogP contribution in [0.15, 0.2) is 66.9 Å². The lowest BCUT2D eigenvalue weighted by Crippen LogP contribution is -2.44. The van der Waals surface area contributed by atoms with Crippen molar-refractivity contribution in [1.82, 2.24) is 30.0 Å². The third-order valence-corrected chi connectivity index (χ3v) is 11.5. The summed E-state index contributed by atoms with van der Waals surface area (Å²) < 4.78 is 53.1. The van der Waals surface area contributed by atoms with Crippen LogP contribution in [0.2, 0.25) is 0 Å². The number of thioether (sulfide) groups is 1. The van der Waals surface area contributed by atoms with E-state index in [0.717, 1.165) is 28.7 Å². The highest BCUT2D eigenvalue weighted by Gasteiger charge is 2.38. The fourth-order valence-electron chi connectivity index (χ4n) is 7.14. The number of hydrogen-bond donors (Lipinski definition) is 4. The topological polar surface area (TPSA) is 234 Å². The number of benzene rings is 2. The van der Waals surface area contributed by atoms with Gasteiger partial charge in [-0.05, 0) is 54.3 Å². The molecule has 0 aliphatic carbocycles. The number of rotatable bonds is 33. The Hall–Kier alpha value is -5.58. The third-order valence-electron chi connectivity index (χ3n) is 10.5. The minimum atomic E-state index is -1.21. The Morgan fingerprint density at radius 1 is 0.870 bits per heavy atom. The quantitative estimate of drug-likeness (QED) is 0.0504. The predicted octanol–water partition coefficient (Wildman–Crippen LogP) is 3.72. The van der Waals surface area contributed by atoms with E-state index in [0.29, 0.717) is 51.8 Å². The molecular weight excluding hydrogens is 921 g/mol. The van der Waals surface area contributed by atoms with Crippen LogP contribution in [0.5, 0.6) is 0 Å². The number of aromatic nitrogens is 2. The molecule has 2 atom stereocenters. The molecule has 4 rings (SSSR count). The number of nitrogens with one attached hydrogen (secondary N) is 2. The first-order valence-corrected chi connectivity index (χ1v) is 24.0. The van der Waals surface area contributed by atoms with E-state index >= 15 is 4.39 Å². The van der Waals surface area contributed by atoms with Crippen molar-refractivity contribution < 1.29 is 61.6 Å². The van der Waals surface area contributed by atoms with Crippen LogP contribution in [-0.2, 0) is 54.3 Å². The molecule has 1 unspecified atom stereocenters. The second-order valence-corrected chi connectivity index (χ2v) is 18.1. The van der Waals surface area contributed by atoms with E-state index < -0.39 is 52.8 Å². The van der Waals surface area contributed by atoms with Crippen molar-refractivity contribution in [3.05, 3.63) is 89.9 Å². The molecule has 5 amide bonds. The Labute approximate surface area is 405 Å². The number of carboxylic acid groups (broad SMARTS) is 1. The van der Waals surface area contributed by atoms with Crippen LogP contribution in [0.1, 0.15) is 63.9 Å². The number of carbonyl (C=O) groups is 6. The summed E-state index contributed by atoms with van der Waals surface area (Å²) in [5, 5.41) is 15.0. The molecule has 0 radical (unpaired) electrons. The van der Waals surface area contributed by atoms with Gasteiger partial charge in [0.15, 0.2) is 0 Å². The maximum absolute atomic E-state index is 15.1. The van der Waals surface area contributed by atoms with Crippen LogP contribution < -0.4 is 16.4 Å². The number of ether oxygens (including phenoxy) is 4. The fourth-order valence-corrected chi connectivity index (χ4v) is 8.03. The zero-order chi connectivity index (χ0) is 50.2. The van der Waals surface area contributed by atoms with E-state index in [1.54, 1.807) is 11.1 Å². The molecule has 0 bridgehead atoms. The molecule has 2 heterocycles. The molecule has 5 N–H and O–H groups in total. The van der Waals surface area contributed by atoms with Crippen molar-refractivity contribution in [1.29, 1.82) is 0 Å². The lowest BCUT2D eigenvalue weighted by Gasteiger charge is -2.40. The molecule has 21 heteroatoms. The Balaban J connectivity index is 1.14. The number of hydrogen-bond acceptors (Lipinski definition) is 13. The van der Waals surface area contributed by atoms with Gasteiger partial charge >= 0.3 is 5.97 Å². The molecule has 0 saturated heterocycles. The maximum atomic E-state index is 15.1. The van der Waals surface area contributed by atoms with Crippen molar-refractivity contribution in [2.24, 2.45) is 11.1 Å². The molecule has 378 valence electrons. The van der Waals surface area contributed by atoms with Gasteiger partial charge in [0.25, 0.3) is 11.8 Å². The summed E-state index contributed by atoms with van der Waals surface area (Å²) in [5.74, 6) is -3.63. The zero-order valence-corrected chi connectivity index (χ0v) is 40.3. The highest BCUT2D eigenvalue weighted by molar-refractivity contribution is 7.99. The first-order chi connectivity index (χ1) is 33.1. The number of imide groups is 1. The van der Waals surface area contributed by atoms with Gasteiger partial charge in [0.1, 0.15) is 23.5 Å². The molecule has 69 heavy (non-hydrogen) atoms. The molecular formula is C48H65F2N7O11S. The van der Waals surface area contributed by atoms with E-state index in [1.165, 1.54) is 23.9 Å². The van der Waals surface area contributed by atoms with Crippen LogP contribution in [-0.4, -0.2) is 157 Å². The Kier molecular flexibility index (Phi) is 23.9. The Bertz CT molecular complexity index is 2160. The average molecular weight is 986 g/mol. The summed E-state index contributed by atoms with van der Waals surface area (Å²) in [6.45, 7) is 9.13. The van der Waals surface area contributed by atoms with E-state index in [2.05, 4.69) is 10.6 Å². The number of imidazole rings is 1. The minimum Gasteiger partial charge on any atom is -0.480 e. The summed E-state index contributed by atoms with van der Waals surface area (Å²) in [4.78, 5) is 81.4. The second kappa shape index (κ2) is 29.4. The van der Waals surface area contributed by atoms with Gasteiger partial charge in [-0.2, -0.15) is 11.8 Å². The summed E-state index contributed by atoms with van der Waals surface area (Å²) in [6.07, 6.45) is 4.48. The predicted molar refractivity (Wildman–Crippen MR) is 254 cm³/mol. The van der Waals surface area contributed by atoms with Crippen LogP contribution >= 0.6 is 11.8 Å². The third kappa shape index (κ3) is 19.4. The molecule has 1 aliphatic rings. The monoisotopic (exact) mass is 985 g/mol. The molecule has 2 aromatic carbocycles. The van der Waals surface area contributed by atoms with Crippen molar-refractivity contribution >= 4 is 47.3 Å². The van der Waals surface area contributed by atoms with E-state index in [1.807, 2.05) is 55.7 Å². The molecule has 0 fully saturated rings. The Morgan fingerprint density at radius 2 is 1.51 bits per heavy atom. The lowest BCUT2D eigenvalue weighted by molar-refractivity contribution is -0.142. The number of aliphatic carboxylic acids is 1. The normalized spacial score (nSPS) is 13.4. The molecule has 0 saturated carbocycles. The second-order valence-electron chi connectivity index (χ2n) is 17.0. The van der Waals surface area contributed by atoms with Gasteiger partial charge in [-0.3, -0.25) is 28.9 Å². The number of carbonyl (C=O) groups excluding carboxylic acids is 5. The van der Waals surface area contributed by atoms with E-state index in [9.17, 15) is 38.3 Å².